The summed E-state index contributed by atoms with van der Waals surface area (Å²) in [5, 5.41) is 7.32. The zero-order valence-electron chi connectivity index (χ0n) is 12.6. The highest BCUT2D eigenvalue weighted by Crippen LogP contribution is 2.23. The van der Waals surface area contributed by atoms with Gasteiger partial charge in [-0.3, -0.25) is 0 Å². The molecule has 120 valence electrons. The van der Waals surface area contributed by atoms with Gasteiger partial charge in [0.15, 0.2) is 5.52 Å². The lowest BCUT2D eigenvalue weighted by Gasteiger charge is -2.15. The van der Waals surface area contributed by atoms with Gasteiger partial charge in [-0.05, 0) is 47.1 Å². The zero-order valence-corrected chi connectivity index (χ0v) is 13.4. The third kappa shape index (κ3) is 3.03. The maximum absolute atomic E-state index is 12.6. The lowest BCUT2D eigenvalue weighted by molar-refractivity contribution is 0.315. The Morgan fingerprint density at radius 1 is 1.13 bits per heavy atom. The number of benzene rings is 2. The maximum atomic E-state index is 12.6. The number of nitrogens with zero attached hydrogens (tertiary/aromatic N) is 2. The van der Waals surface area contributed by atoms with Gasteiger partial charge in [0, 0.05) is 6.04 Å². The summed E-state index contributed by atoms with van der Waals surface area (Å²) in [5.41, 5.74) is 1.42. The highest BCUT2D eigenvalue weighted by molar-refractivity contribution is 7.89. The largest absolute Gasteiger partial charge is 0.497 e. The van der Waals surface area contributed by atoms with E-state index in [-0.39, 0.29) is 10.4 Å². The van der Waals surface area contributed by atoms with Crippen LogP contribution in [0.4, 0.5) is 0 Å². The first-order valence-corrected chi connectivity index (χ1v) is 8.37. The van der Waals surface area contributed by atoms with E-state index in [1.54, 1.807) is 38.3 Å². The number of rotatable bonds is 5. The molecule has 0 fully saturated rings. The molecule has 0 amide bonds. The number of nitrogens with one attached hydrogen (secondary N) is 1. The van der Waals surface area contributed by atoms with Gasteiger partial charge in [-0.1, -0.05) is 18.2 Å². The number of aromatic nitrogens is 2. The second-order valence-corrected chi connectivity index (χ2v) is 6.69. The Labute approximate surface area is 133 Å². The molecular formula is C15H15N3O4S. The lowest BCUT2D eigenvalue weighted by Crippen LogP contribution is -2.27. The van der Waals surface area contributed by atoms with E-state index >= 15 is 0 Å². The molecule has 7 nitrogen and oxygen atoms in total. The van der Waals surface area contributed by atoms with Crippen molar-refractivity contribution >= 4 is 21.1 Å². The molecule has 0 bridgehead atoms. The van der Waals surface area contributed by atoms with Gasteiger partial charge >= 0.3 is 0 Å². The van der Waals surface area contributed by atoms with Crippen molar-refractivity contribution in [2.75, 3.05) is 7.11 Å². The molecule has 1 aromatic heterocycles. The summed E-state index contributed by atoms with van der Waals surface area (Å²) in [6, 6.07) is 11.5. The van der Waals surface area contributed by atoms with Gasteiger partial charge in [0.2, 0.25) is 10.0 Å². The van der Waals surface area contributed by atoms with Crippen molar-refractivity contribution in [3.63, 3.8) is 0 Å². The van der Waals surface area contributed by atoms with E-state index in [1.807, 2.05) is 12.1 Å². The van der Waals surface area contributed by atoms with Gasteiger partial charge in [0.1, 0.15) is 16.2 Å². The Balaban J connectivity index is 1.89. The quantitative estimate of drug-likeness (QED) is 0.770. The molecule has 0 aliphatic rings. The Morgan fingerprint density at radius 2 is 1.87 bits per heavy atom. The minimum absolute atomic E-state index is 0.0385. The Hall–Kier alpha value is -2.45. The molecule has 0 aliphatic carbocycles. The summed E-state index contributed by atoms with van der Waals surface area (Å²) in [6.45, 7) is 1.76. The molecule has 8 heteroatoms. The third-order valence-corrected chi connectivity index (χ3v) is 5.06. The molecule has 23 heavy (non-hydrogen) atoms. The van der Waals surface area contributed by atoms with Crippen LogP contribution in [0.15, 0.2) is 52.0 Å². The van der Waals surface area contributed by atoms with Crippen molar-refractivity contribution in [3.05, 3.63) is 48.0 Å². The van der Waals surface area contributed by atoms with Crippen molar-refractivity contribution in [1.82, 2.24) is 15.0 Å². The fraction of sp³-hybridized carbons (Fsp3) is 0.200. The second-order valence-electron chi connectivity index (χ2n) is 5.00. The van der Waals surface area contributed by atoms with Crippen molar-refractivity contribution in [1.29, 1.82) is 0 Å². The average molecular weight is 333 g/mol. The fourth-order valence-electron chi connectivity index (χ4n) is 2.26. The van der Waals surface area contributed by atoms with Gasteiger partial charge < -0.3 is 4.74 Å². The van der Waals surface area contributed by atoms with Crippen molar-refractivity contribution in [3.8, 4) is 5.75 Å². The van der Waals surface area contributed by atoms with E-state index in [0.29, 0.717) is 11.3 Å². The molecular weight excluding hydrogens is 318 g/mol. The van der Waals surface area contributed by atoms with Crippen LogP contribution in [0, 0.1) is 0 Å². The van der Waals surface area contributed by atoms with E-state index in [9.17, 15) is 8.42 Å². The number of sulfonamides is 1. The first-order chi connectivity index (χ1) is 11.0. The molecule has 0 aliphatic heterocycles. The van der Waals surface area contributed by atoms with Gasteiger partial charge in [0.25, 0.3) is 0 Å². The predicted molar refractivity (Wildman–Crippen MR) is 83.5 cm³/mol. The number of ether oxygens (including phenoxy) is 1. The van der Waals surface area contributed by atoms with Crippen LogP contribution in [-0.4, -0.2) is 25.8 Å². The van der Waals surface area contributed by atoms with E-state index < -0.39 is 16.1 Å². The van der Waals surface area contributed by atoms with Crippen LogP contribution < -0.4 is 9.46 Å². The minimum Gasteiger partial charge on any atom is -0.497 e. The molecule has 1 atom stereocenters. The number of methoxy groups -OCH3 is 1. The van der Waals surface area contributed by atoms with Crippen molar-refractivity contribution < 1.29 is 17.8 Å². The Morgan fingerprint density at radius 3 is 2.57 bits per heavy atom. The second kappa shape index (κ2) is 5.98. The van der Waals surface area contributed by atoms with Gasteiger partial charge in [-0.15, -0.1) is 0 Å². The molecule has 1 N–H and O–H groups in total. The molecule has 0 saturated carbocycles. The normalized spacial score (nSPS) is 13.1. The minimum atomic E-state index is -3.76. The summed E-state index contributed by atoms with van der Waals surface area (Å²) in [6.07, 6.45) is 0. The zero-order chi connectivity index (χ0) is 16.4. The van der Waals surface area contributed by atoms with E-state index in [1.165, 1.54) is 6.07 Å². The highest BCUT2D eigenvalue weighted by Gasteiger charge is 2.22. The number of fused-ring (bicyclic) bond motifs is 1. The smallest absolute Gasteiger partial charge is 0.243 e. The van der Waals surface area contributed by atoms with Crippen LogP contribution in [0.3, 0.4) is 0 Å². The average Bonchev–Trinajstić information content (AvgIpc) is 3.02. The van der Waals surface area contributed by atoms with E-state index in [0.717, 1.165) is 5.56 Å². The standard InChI is InChI=1S/C15H15N3O4S/c1-10(11-6-8-12(21-2)9-7-11)18-23(19,20)14-5-3-4-13-15(14)17-22-16-13/h3-10,18H,1-2H3. The molecule has 1 unspecified atom stereocenters. The van der Waals surface area contributed by atoms with Crippen LogP contribution in [0.25, 0.3) is 11.0 Å². The molecule has 3 aromatic rings. The first-order valence-electron chi connectivity index (χ1n) is 6.89. The fourth-order valence-corrected chi connectivity index (χ4v) is 3.64. The molecule has 2 aromatic carbocycles. The van der Waals surface area contributed by atoms with Crippen molar-refractivity contribution in [2.24, 2.45) is 0 Å². The Bertz CT molecular complexity index is 919. The third-order valence-electron chi connectivity index (χ3n) is 3.49. The predicted octanol–water partition coefficient (Wildman–Crippen LogP) is 2.27. The monoisotopic (exact) mass is 333 g/mol. The van der Waals surface area contributed by atoms with Gasteiger partial charge in [-0.25, -0.2) is 17.8 Å². The van der Waals surface area contributed by atoms with Crippen LogP contribution in [0.1, 0.15) is 18.5 Å². The molecule has 1 heterocycles. The number of hydrogen-bond acceptors (Lipinski definition) is 6. The molecule has 0 spiro atoms. The summed E-state index contributed by atoms with van der Waals surface area (Å²) in [7, 11) is -2.19. The summed E-state index contributed by atoms with van der Waals surface area (Å²) in [5.74, 6) is 0.710. The topological polar surface area (TPSA) is 94.3 Å². The molecule has 0 saturated heterocycles. The Kier molecular flexibility index (Phi) is 4.01. The SMILES string of the molecule is COc1ccc(C(C)NS(=O)(=O)c2cccc3nonc23)cc1. The molecule has 0 radical (unpaired) electrons. The van der Waals surface area contributed by atoms with Crippen LogP contribution in [0.5, 0.6) is 5.75 Å². The summed E-state index contributed by atoms with van der Waals surface area (Å²) < 4.78 is 37.5. The van der Waals surface area contributed by atoms with E-state index in [2.05, 4.69) is 19.7 Å². The maximum Gasteiger partial charge on any atom is 0.243 e. The van der Waals surface area contributed by atoms with Gasteiger partial charge in [0.05, 0.1) is 7.11 Å². The first kappa shape index (κ1) is 15.4. The van der Waals surface area contributed by atoms with E-state index in [4.69, 9.17) is 4.74 Å². The molecule has 3 rings (SSSR count). The lowest BCUT2D eigenvalue weighted by atomic mass is 10.1. The van der Waals surface area contributed by atoms with Gasteiger partial charge in [-0.2, -0.15) is 0 Å². The van der Waals surface area contributed by atoms with Crippen LogP contribution in [-0.2, 0) is 10.0 Å². The number of hydrogen-bond donors (Lipinski definition) is 1. The van der Waals surface area contributed by atoms with Crippen LogP contribution in [0.2, 0.25) is 0 Å². The summed E-state index contributed by atoms with van der Waals surface area (Å²) >= 11 is 0. The highest BCUT2D eigenvalue weighted by atomic mass is 32.2. The summed E-state index contributed by atoms with van der Waals surface area (Å²) in [4.78, 5) is 0.0385. The van der Waals surface area contributed by atoms with Crippen LogP contribution >= 0.6 is 0 Å². The van der Waals surface area contributed by atoms with Crippen molar-refractivity contribution in [2.45, 2.75) is 17.9 Å².